The first-order valence-corrected chi connectivity index (χ1v) is 14.9. The number of esters is 1. The zero-order valence-electron chi connectivity index (χ0n) is 25.4. The molecular weight excluding hydrogens is 504 g/mol. The Morgan fingerprint density at radius 1 is 0.974 bits per heavy atom. The summed E-state index contributed by atoms with van der Waals surface area (Å²) >= 11 is 0. The molecular formula is C30H52O9. The van der Waals surface area contributed by atoms with E-state index >= 15 is 0 Å². The summed E-state index contributed by atoms with van der Waals surface area (Å²) in [6, 6.07) is 0. The van der Waals surface area contributed by atoms with Gasteiger partial charge in [-0.2, -0.15) is 0 Å². The van der Waals surface area contributed by atoms with Crippen LogP contribution in [0, 0.1) is 17.3 Å². The number of carbonyl (C=O) groups is 1. The molecule has 0 amide bonds. The van der Waals surface area contributed by atoms with E-state index < -0.39 is 35.6 Å². The zero-order valence-corrected chi connectivity index (χ0v) is 25.4. The van der Waals surface area contributed by atoms with E-state index in [0.717, 1.165) is 12.8 Å². The third kappa shape index (κ3) is 7.34. The van der Waals surface area contributed by atoms with Crippen LogP contribution in [0.3, 0.4) is 0 Å². The van der Waals surface area contributed by atoms with Gasteiger partial charge in [0.1, 0.15) is 30.5 Å². The van der Waals surface area contributed by atoms with Gasteiger partial charge in [-0.15, -0.1) is 0 Å². The molecule has 9 atom stereocenters. The van der Waals surface area contributed by atoms with E-state index in [2.05, 4.69) is 27.7 Å². The average Bonchev–Trinajstić information content (AvgIpc) is 3.35. The predicted octanol–water partition coefficient (Wildman–Crippen LogP) is 4.02. The lowest BCUT2D eigenvalue weighted by molar-refractivity contribution is -0.263. The third-order valence-corrected chi connectivity index (χ3v) is 8.32. The van der Waals surface area contributed by atoms with Crippen LogP contribution < -0.4 is 0 Å². The van der Waals surface area contributed by atoms with Crippen LogP contribution in [0.15, 0.2) is 0 Å². The molecule has 0 aromatic heterocycles. The fourth-order valence-corrected chi connectivity index (χ4v) is 6.38. The van der Waals surface area contributed by atoms with Gasteiger partial charge in [0.2, 0.25) is 0 Å². The van der Waals surface area contributed by atoms with Gasteiger partial charge in [-0.1, -0.05) is 27.7 Å². The van der Waals surface area contributed by atoms with Crippen molar-refractivity contribution in [2.75, 3.05) is 13.2 Å². The van der Waals surface area contributed by atoms with E-state index in [1.165, 1.54) is 0 Å². The number of carbonyl (C=O) groups excluding carboxylic acids is 1. The maximum absolute atomic E-state index is 12.1. The van der Waals surface area contributed by atoms with Crippen molar-refractivity contribution in [3.8, 4) is 0 Å². The SMILES string of the molecule is CC(C)C(O[C@@H]1[C@@H]2O[C@H]3CCC(CCOC(=O)C(C)(C)C)O[C@@H]3[C@H](O)[C@@H]2O[C@@H]1C[C@@H]1COC(C)(C)O1)C(C)C. The largest absolute Gasteiger partial charge is 0.465 e. The second-order valence-electron chi connectivity index (χ2n) is 14.0. The molecule has 0 bridgehead atoms. The minimum atomic E-state index is -0.849. The highest BCUT2D eigenvalue weighted by Gasteiger charge is 2.58. The van der Waals surface area contributed by atoms with Crippen molar-refractivity contribution in [3.63, 3.8) is 0 Å². The van der Waals surface area contributed by atoms with Gasteiger partial charge < -0.3 is 38.3 Å². The summed E-state index contributed by atoms with van der Waals surface area (Å²) < 4.78 is 43.6. The molecule has 39 heavy (non-hydrogen) atoms. The van der Waals surface area contributed by atoms with Crippen molar-refractivity contribution < 1.29 is 43.1 Å². The summed E-state index contributed by atoms with van der Waals surface area (Å²) in [6.07, 6.45) is -0.684. The Morgan fingerprint density at radius 2 is 1.67 bits per heavy atom. The van der Waals surface area contributed by atoms with Crippen LogP contribution in [0.4, 0.5) is 0 Å². The lowest BCUT2D eigenvalue weighted by atomic mass is 9.87. The first-order valence-electron chi connectivity index (χ1n) is 14.9. The van der Waals surface area contributed by atoms with Gasteiger partial charge in [-0.3, -0.25) is 4.79 Å². The molecule has 1 N–H and O–H groups in total. The lowest BCUT2D eigenvalue weighted by Crippen LogP contribution is -2.61. The topological polar surface area (TPSA) is 102 Å². The maximum atomic E-state index is 12.1. The quantitative estimate of drug-likeness (QED) is 0.422. The molecule has 4 fully saturated rings. The van der Waals surface area contributed by atoms with Crippen molar-refractivity contribution in [3.05, 3.63) is 0 Å². The minimum absolute atomic E-state index is 0.0262. The van der Waals surface area contributed by atoms with Gasteiger partial charge in [0.25, 0.3) is 0 Å². The van der Waals surface area contributed by atoms with Gasteiger partial charge in [0, 0.05) is 12.8 Å². The van der Waals surface area contributed by atoms with Crippen LogP contribution >= 0.6 is 0 Å². The molecule has 4 rings (SSSR count). The number of ether oxygens (including phenoxy) is 7. The fourth-order valence-electron chi connectivity index (χ4n) is 6.38. The van der Waals surface area contributed by atoms with Gasteiger partial charge >= 0.3 is 5.97 Å². The van der Waals surface area contributed by atoms with Crippen molar-refractivity contribution >= 4 is 5.97 Å². The number of rotatable bonds is 9. The molecule has 9 heteroatoms. The monoisotopic (exact) mass is 556 g/mol. The van der Waals surface area contributed by atoms with Crippen LogP contribution in [0.25, 0.3) is 0 Å². The second kappa shape index (κ2) is 12.2. The Labute approximate surface area is 234 Å². The van der Waals surface area contributed by atoms with Crippen molar-refractivity contribution in [1.29, 1.82) is 0 Å². The molecule has 226 valence electrons. The highest BCUT2D eigenvalue weighted by molar-refractivity contribution is 5.75. The first-order chi connectivity index (χ1) is 18.2. The normalized spacial score (nSPS) is 38.3. The van der Waals surface area contributed by atoms with Crippen LogP contribution in [0.2, 0.25) is 0 Å². The Kier molecular flexibility index (Phi) is 9.74. The minimum Gasteiger partial charge on any atom is -0.465 e. The maximum Gasteiger partial charge on any atom is 0.311 e. The molecule has 4 saturated heterocycles. The number of hydrogen-bond donors (Lipinski definition) is 1. The summed E-state index contributed by atoms with van der Waals surface area (Å²) in [5.41, 5.74) is -0.536. The lowest BCUT2D eigenvalue weighted by Gasteiger charge is -2.47. The smallest absolute Gasteiger partial charge is 0.311 e. The van der Waals surface area contributed by atoms with Gasteiger partial charge in [-0.25, -0.2) is 0 Å². The van der Waals surface area contributed by atoms with Crippen LogP contribution in [0.5, 0.6) is 0 Å². The highest BCUT2D eigenvalue weighted by atomic mass is 16.7. The number of aliphatic hydroxyl groups excluding tert-OH is 1. The second-order valence-corrected chi connectivity index (χ2v) is 14.0. The van der Waals surface area contributed by atoms with Crippen LogP contribution in [0.1, 0.15) is 88.0 Å². The third-order valence-electron chi connectivity index (χ3n) is 8.32. The molecule has 0 radical (unpaired) electrons. The highest BCUT2D eigenvalue weighted by Crippen LogP contribution is 2.43. The van der Waals surface area contributed by atoms with Crippen molar-refractivity contribution in [2.45, 2.75) is 155 Å². The molecule has 0 aromatic carbocycles. The van der Waals surface area contributed by atoms with Crippen LogP contribution in [-0.4, -0.2) is 91.1 Å². The van der Waals surface area contributed by atoms with Crippen molar-refractivity contribution in [1.82, 2.24) is 0 Å². The van der Waals surface area contributed by atoms with E-state index in [-0.39, 0.29) is 42.6 Å². The molecule has 0 aliphatic carbocycles. The summed E-state index contributed by atoms with van der Waals surface area (Å²) in [5.74, 6) is -0.207. The summed E-state index contributed by atoms with van der Waals surface area (Å²) in [4.78, 5) is 12.1. The summed E-state index contributed by atoms with van der Waals surface area (Å²) in [7, 11) is 0. The first kappa shape index (κ1) is 31.1. The number of hydrogen-bond acceptors (Lipinski definition) is 9. The Hall–Kier alpha value is -0.810. The Balaban J connectivity index is 1.43. The van der Waals surface area contributed by atoms with E-state index in [1.54, 1.807) is 0 Å². The van der Waals surface area contributed by atoms with E-state index in [4.69, 9.17) is 33.2 Å². The van der Waals surface area contributed by atoms with Crippen LogP contribution in [-0.2, 0) is 38.0 Å². The Bertz CT molecular complexity index is 814. The molecule has 0 saturated carbocycles. The summed E-state index contributed by atoms with van der Waals surface area (Å²) in [5, 5.41) is 11.5. The number of fused-ring (bicyclic) bond motifs is 2. The molecule has 4 heterocycles. The standard InChI is InChI=1S/C30H52O9/c1-16(2)23(17(3)4)38-25-21(14-19-15-34-30(8,9)39-19)37-26-22(31)24-20(36-27(25)26)11-10-18(35-24)12-13-33-28(32)29(5,6)7/h16-27,31H,10-15H2,1-9H3/t18?,19-,20+,21-,22+,24+,25+,26+,27+/m1/s1. The average molecular weight is 557 g/mol. The Morgan fingerprint density at radius 3 is 2.26 bits per heavy atom. The van der Waals surface area contributed by atoms with Crippen molar-refractivity contribution in [2.24, 2.45) is 17.3 Å². The molecule has 0 spiro atoms. The molecule has 0 aromatic rings. The van der Waals surface area contributed by atoms with Gasteiger partial charge in [-0.05, 0) is 59.3 Å². The molecule has 4 aliphatic heterocycles. The molecule has 1 unspecified atom stereocenters. The zero-order chi connectivity index (χ0) is 28.7. The van der Waals surface area contributed by atoms with Gasteiger partial charge in [0.15, 0.2) is 5.79 Å². The van der Waals surface area contributed by atoms with E-state index in [1.807, 2.05) is 34.6 Å². The number of aliphatic hydroxyl groups is 1. The van der Waals surface area contributed by atoms with E-state index in [0.29, 0.717) is 37.9 Å². The molecule has 9 nitrogen and oxygen atoms in total. The van der Waals surface area contributed by atoms with E-state index in [9.17, 15) is 9.90 Å². The predicted molar refractivity (Wildman–Crippen MR) is 144 cm³/mol. The summed E-state index contributed by atoms with van der Waals surface area (Å²) in [6.45, 7) is 18.8. The molecule has 4 aliphatic rings. The van der Waals surface area contributed by atoms with Gasteiger partial charge in [0.05, 0.1) is 49.1 Å². The fraction of sp³-hybridized carbons (Fsp3) is 0.967.